The topological polar surface area (TPSA) is 63.3 Å². The van der Waals surface area contributed by atoms with Crippen LogP contribution in [0.4, 0.5) is 0 Å². The Hall–Kier alpha value is -0.570. The van der Waals surface area contributed by atoms with E-state index in [1.165, 1.54) is 19.3 Å². The molecule has 0 aromatic rings. The van der Waals surface area contributed by atoms with E-state index < -0.39 is 5.97 Å². The van der Waals surface area contributed by atoms with Gasteiger partial charge >= 0.3 is 5.97 Å². The van der Waals surface area contributed by atoms with Gasteiger partial charge in [-0.25, -0.2) is 0 Å². The lowest BCUT2D eigenvalue weighted by Gasteiger charge is -2.37. The molecule has 0 saturated heterocycles. The lowest BCUT2D eigenvalue weighted by molar-refractivity contribution is -0.145. The molecule has 3 heteroatoms. The smallest absolute Gasteiger partial charge is 0.307 e. The van der Waals surface area contributed by atoms with Gasteiger partial charge in [0.1, 0.15) is 0 Å². The van der Waals surface area contributed by atoms with E-state index in [0.29, 0.717) is 29.7 Å². The number of hydrogen-bond acceptors (Lipinski definition) is 2. The van der Waals surface area contributed by atoms with Gasteiger partial charge in [-0.3, -0.25) is 4.79 Å². The molecule has 16 heavy (non-hydrogen) atoms. The minimum absolute atomic E-state index is 0.151. The predicted octanol–water partition coefficient (Wildman–Crippen LogP) is 1.72. The van der Waals surface area contributed by atoms with Crippen LogP contribution in [0.15, 0.2) is 0 Å². The van der Waals surface area contributed by atoms with E-state index in [4.69, 9.17) is 5.73 Å². The molecule has 0 aromatic carbocycles. The van der Waals surface area contributed by atoms with Crippen molar-refractivity contribution in [1.82, 2.24) is 0 Å². The fourth-order valence-corrected chi connectivity index (χ4v) is 5.12. The highest BCUT2D eigenvalue weighted by atomic mass is 16.4. The van der Waals surface area contributed by atoms with Crippen molar-refractivity contribution in [3.8, 4) is 0 Å². The first kappa shape index (κ1) is 10.6. The van der Waals surface area contributed by atoms with Gasteiger partial charge in [-0.15, -0.1) is 0 Å². The van der Waals surface area contributed by atoms with Crippen LogP contribution in [-0.2, 0) is 4.79 Å². The maximum atomic E-state index is 11.4. The van der Waals surface area contributed by atoms with Gasteiger partial charge in [0.2, 0.25) is 0 Å². The molecule has 3 aliphatic rings. The maximum Gasteiger partial charge on any atom is 0.307 e. The van der Waals surface area contributed by atoms with Gasteiger partial charge in [-0.1, -0.05) is 6.92 Å². The number of carbonyl (C=O) groups is 1. The molecule has 0 radical (unpaired) electrons. The lowest BCUT2D eigenvalue weighted by atomic mass is 9.68. The number of rotatable bonds is 2. The molecule has 2 unspecified atom stereocenters. The van der Waals surface area contributed by atoms with Crippen molar-refractivity contribution in [2.75, 3.05) is 6.54 Å². The lowest BCUT2D eigenvalue weighted by Crippen LogP contribution is -2.35. The van der Waals surface area contributed by atoms with Crippen molar-refractivity contribution < 1.29 is 9.90 Å². The summed E-state index contributed by atoms with van der Waals surface area (Å²) in [5.41, 5.74) is 6.26. The molecule has 3 N–H and O–H groups in total. The van der Waals surface area contributed by atoms with Crippen LogP contribution in [0, 0.1) is 35.0 Å². The first-order valence-corrected chi connectivity index (χ1v) is 6.48. The molecule has 0 spiro atoms. The number of aliphatic carboxylic acids is 1. The Bertz CT molecular complexity index is 330. The van der Waals surface area contributed by atoms with Crippen LogP contribution in [0.5, 0.6) is 0 Å². The monoisotopic (exact) mass is 223 g/mol. The van der Waals surface area contributed by atoms with E-state index in [9.17, 15) is 9.90 Å². The Morgan fingerprint density at radius 2 is 2.06 bits per heavy atom. The largest absolute Gasteiger partial charge is 0.481 e. The summed E-state index contributed by atoms with van der Waals surface area (Å²) >= 11 is 0. The second-order valence-corrected chi connectivity index (χ2v) is 6.51. The molecule has 2 bridgehead atoms. The fraction of sp³-hybridized carbons (Fsp3) is 0.923. The van der Waals surface area contributed by atoms with E-state index in [0.717, 1.165) is 6.42 Å². The van der Waals surface area contributed by atoms with E-state index in [1.807, 2.05) is 0 Å². The van der Waals surface area contributed by atoms with Crippen molar-refractivity contribution in [2.45, 2.75) is 32.6 Å². The highest BCUT2D eigenvalue weighted by molar-refractivity contribution is 5.71. The third-order valence-corrected chi connectivity index (χ3v) is 5.67. The Morgan fingerprint density at radius 1 is 1.38 bits per heavy atom. The van der Waals surface area contributed by atoms with Crippen molar-refractivity contribution in [1.29, 1.82) is 0 Å². The zero-order valence-electron chi connectivity index (χ0n) is 9.86. The highest BCUT2D eigenvalue weighted by Crippen LogP contribution is 2.65. The fourth-order valence-electron chi connectivity index (χ4n) is 5.12. The number of hydrogen-bond donors (Lipinski definition) is 2. The van der Waals surface area contributed by atoms with Crippen LogP contribution < -0.4 is 5.73 Å². The minimum Gasteiger partial charge on any atom is -0.481 e. The van der Waals surface area contributed by atoms with Crippen LogP contribution in [0.2, 0.25) is 0 Å². The molecule has 90 valence electrons. The number of carboxylic acids is 1. The van der Waals surface area contributed by atoms with Crippen molar-refractivity contribution >= 4 is 5.97 Å². The van der Waals surface area contributed by atoms with Crippen LogP contribution in [-0.4, -0.2) is 17.6 Å². The van der Waals surface area contributed by atoms with Crippen LogP contribution >= 0.6 is 0 Å². The third-order valence-electron chi connectivity index (χ3n) is 5.67. The van der Waals surface area contributed by atoms with Gasteiger partial charge < -0.3 is 10.8 Å². The molecule has 6 atom stereocenters. The zero-order chi connectivity index (χ0) is 11.5. The molecule has 3 aliphatic carbocycles. The van der Waals surface area contributed by atoms with E-state index in [-0.39, 0.29) is 11.8 Å². The van der Waals surface area contributed by atoms with Gasteiger partial charge in [0.05, 0.1) is 5.92 Å². The normalized spacial score (nSPS) is 54.2. The molecule has 3 saturated carbocycles. The predicted molar refractivity (Wildman–Crippen MR) is 60.7 cm³/mol. The number of nitrogens with two attached hydrogens (primary N) is 1. The minimum atomic E-state index is -0.598. The van der Waals surface area contributed by atoms with E-state index in [1.54, 1.807) is 0 Å². The summed E-state index contributed by atoms with van der Waals surface area (Å²) in [5.74, 6) is 1.18. The van der Waals surface area contributed by atoms with Gasteiger partial charge in [0.25, 0.3) is 0 Å². The molecule has 3 nitrogen and oxygen atoms in total. The molecular formula is C13H21NO2. The van der Waals surface area contributed by atoms with Gasteiger partial charge in [-0.2, -0.15) is 0 Å². The second-order valence-electron chi connectivity index (χ2n) is 6.51. The Balaban J connectivity index is 1.95. The van der Waals surface area contributed by atoms with E-state index >= 15 is 0 Å². The quantitative estimate of drug-likeness (QED) is 0.749. The molecule has 3 rings (SSSR count). The number of carboxylic acid groups (broad SMARTS) is 1. The van der Waals surface area contributed by atoms with Crippen molar-refractivity contribution in [3.05, 3.63) is 0 Å². The first-order chi connectivity index (χ1) is 7.56. The second kappa shape index (κ2) is 3.22. The summed E-state index contributed by atoms with van der Waals surface area (Å²) in [6.07, 6.45) is 4.88. The van der Waals surface area contributed by atoms with Crippen LogP contribution in [0.25, 0.3) is 0 Å². The van der Waals surface area contributed by atoms with Gasteiger partial charge in [-0.05, 0) is 61.3 Å². The molecule has 3 fully saturated rings. The molecule has 0 heterocycles. The summed E-state index contributed by atoms with van der Waals surface area (Å²) in [7, 11) is 0. The maximum absolute atomic E-state index is 11.4. The molecule has 0 amide bonds. The summed E-state index contributed by atoms with van der Waals surface area (Å²) in [5, 5.41) is 9.42. The first-order valence-electron chi connectivity index (χ1n) is 6.48. The molecule has 0 aliphatic heterocycles. The summed E-state index contributed by atoms with van der Waals surface area (Å²) in [4.78, 5) is 11.4. The average molecular weight is 223 g/mol. The van der Waals surface area contributed by atoms with E-state index in [2.05, 4.69) is 6.92 Å². The molecular weight excluding hydrogens is 202 g/mol. The SMILES string of the molecule is C[C@]12CC[C@@H]3C(CN)C(C(=O)O)[C@H](C1)[C@@H]3C2. The zero-order valence-corrected chi connectivity index (χ0v) is 9.86. The third kappa shape index (κ3) is 1.21. The standard InChI is InChI=1S/C13H21NO2/c1-13-3-2-7-8(4-13)9(5-13)11(12(15)16)10(7)6-14/h7-11H,2-6,14H2,1H3,(H,15,16)/t7-,8+,9+,10?,11?,13+/m0/s1. The van der Waals surface area contributed by atoms with Crippen LogP contribution in [0.1, 0.15) is 32.6 Å². The van der Waals surface area contributed by atoms with Crippen LogP contribution in [0.3, 0.4) is 0 Å². The molecule has 0 aromatic heterocycles. The van der Waals surface area contributed by atoms with Gasteiger partial charge in [0.15, 0.2) is 0 Å². The summed E-state index contributed by atoms with van der Waals surface area (Å²) in [6.45, 7) is 2.91. The number of fused-ring (bicyclic) bond motifs is 1. The van der Waals surface area contributed by atoms with Gasteiger partial charge in [0, 0.05) is 0 Å². The Kier molecular flexibility index (Phi) is 2.13. The summed E-state index contributed by atoms with van der Waals surface area (Å²) < 4.78 is 0. The Morgan fingerprint density at radius 3 is 2.69 bits per heavy atom. The highest BCUT2D eigenvalue weighted by Gasteiger charge is 2.61. The Labute approximate surface area is 96.4 Å². The average Bonchev–Trinajstić information content (AvgIpc) is 2.62. The van der Waals surface area contributed by atoms with Crippen molar-refractivity contribution in [3.63, 3.8) is 0 Å². The van der Waals surface area contributed by atoms with Crippen molar-refractivity contribution in [2.24, 2.45) is 40.7 Å². The summed E-state index contributed by atoms with van der Waals surface area (Å²) in [6, 6.07) is 0.